The predicted octanol–water partition coefficient (Wildman–Crippen LogP) is 3.64. The van der Waals surface area contributed by atoms with E-state index >= 15 is 0 Å². The summed E-state index contributed by atoms with van der Waals surface area (Å²) in [4.78, 5) is 53.3. The van der Waals surface area contributed by atoms with Crippen LogP contribution in [0.3, 0.4) is 0 Å². The van der Waals surface area contributed by atoms with Gasteiger partial charge in [-0.15, -0.1) is 0 Å². The summed E-state index contributed by atoms with van der Waals surface area (Å²) in [6.45, 7) is 14.6. The number of aliphatic hydroxyl groups is 1. The molecule has 0 amide bonds. The van der Waals surface area contributed by atoms with Crippen LogP contribution in [-0.4, -0.2) is 22.6 Å². The zero-order valence-electron chi connectivity index (χ0n) is 24.3. The van der Waals surface area contributed by atoms with E-state index < -0.39 is 33.7 Å². The van der Waals surface area contributed by atoms with Crippen molar-refractivity contribution in [2.75, 3.05) is 18.1 Å². The molecule has 9 nitrogen and oxygen atoms in total. The zero-order chi connectivity index (χ0) is 29.9. The Labute approximate surface area is 232 Å². The van der Waals surface area contributed by atoms with Gasteiger partial charge in [-0.1, -0.05) is 72.7 Å². The van der Waals surface area contributed by atoms with Crippen molar-refractivity contribution >= 4 is 43.7 Å². The smallest absolute Gasteiger partial charge is 0.263 e. The highest BCUT2D eigenvalue weighted by Crippen LogP contribution is 2.49. The molecule has 40 heavy (non-hydrogen) atoms. The number of hydrogen-bond donors (Lipinski definition) is 3. The van der Waals surface area contributed by atoms with E-state index in [1.807, 2.05) is 6.92 Å². The molecule has 0 radical (unpaired) electrons. The van der Waals surface area contributed by atoms with Crippen LogP contribution in [0.1, 0.15) is 61.3 Å². The van der Waals surface area contributed by atoms with E-state index in [1.165, 1.54) is 12.1 Å². The number of nitrogen functional groups attached to an aromatic ring is 2. The predicted molar refractivity (Wildman–Crippen MR) is 161 cm³/mol. The van der Waals surface area contributed by atoms with Crippen LogP contribution in [0.15, 0.2) is 43.4 Å². The molecule has 9 heteroatoms. The monoisotopic (exact) mass is 549 g/mol. The van der Waals surface area contributed by atoms with Gasteiger partial charge in [-0.3, -0.25) is 23.7 Å². The van der Waals surface area contributed by atoms with Crippen LogP contribution in [0.4, 0.5) is 11.4 Å². The number of hydrogen-bond acceptors (Lipinski definition) is 8. The lowest BCUT2D eigenvalue weighted by Gasteiger charge is -2.48. The second-order valence-electron chi connectivity index (χ2n) is 13.3. The van der Waals surface area contributed by atoms with E-state index in [2.05, 4.69) is 41.5 Å². The molecular formula is C31H39N3O6. The van der Waals surface area contributed by atoms with Gasteiger partial charge < -0.3 is 21.3 Å². The summed E-state index contributed by atoms with van der Waals surface area (Å²) < 4.78 is 6.85. The Morgan fingerprint density at radius 2 is 1.25 bits per heavy atom. The number of ether oxygens (including phenoxy) is 1. The number of anilines is 2. The van der Waals surface area contributed by atoms with Crippen molar-refractivity contribution in [2.45, 2.75) is 74.1 Å². The largest absolute Gasteiger partial charge is 0.397 e. The minimum absolute atomic E-state index is 0.0176. The van der Waals surface area contributed by atoms with Crippen LogP contribution in [-0.2, 0) is 11.3 Å². The number of fused-ring (bicyclic) bond motifs is 3. The summed E-state index contributed by atoms with van der Waals surface area (Å²) in [6, 6.07) is 6.29. The first-order chi connectivity index (χ1) is 18.4. The number of benzene rings is 3. The molecule has 0 aliphatic heterocycles. The molecule has 0 aliphatic rings. The fourth-order valence-corrected chi connectivity index (χ4v) is 5.84. The van der Waals surface area contributed by atoms with Crippen molar-refractivity contribution in [1.29, 1.82) is 0 Å². The van der Waals surface area contributed by atoms with Crippen LogP contribution in [0.5, 0.6) is 0 Å². The van der Waals surface area contributed by atoms with Crippen molar-refractivity contribution in [3.63, 3.8) is 0 Å². The lowest BCUT2D eigenvalue weighted by Crippen LogP contribution is -2.47. The Bertz CT molecular complexity index is 1730. The maximum Gasteiger partial charge on any atom is 0.263 e. The van der Waals surface area contributed by atoms with Gasteiger partial charge >= 0.3 is 0 Å². The van der Waals surface area contributed by atoms with Gasteiger partial charge in [-0.2, -0.15) is 0 Å². The quantitative estimate of drug-likeness (QED) is 0.104. The Kier molecular flexibility index (Phi) is 7.22. The molecule has 0 saturated heterocycles. The molecule has 3 aromatic carbocycles. The maximum absolute atomic E-state index is 13.4. The van der Waals surface area contributed by atoms with Crippen molar-refractivity contribution in [3.05, 3.63) is 65.4 Å². The normalized spacial score (nSPS) is 15.2. The molecule has 0 fully saturated rings. The van der Waals surface area contributed by atoms with E-state index in [1.54, 1.807) is 12.1 Å². The third kappa shape index (κ3) is 4.61. The Morgan fingerprint density at radius 3 is 1.65 bits per heavy atom. The maximum atomic E-state index is 13.4. The minimum atomic E-state index is -1.06. The first kappa shape index (κ1) is 29.4. The molecular weight excluding hydrogens is 510 g/mol. The van der Waals surface area contributed by atoms with Crippen LogP contribution < -0.4 is 33.4 Å². The Hall–Kier alpha value is -3.56. The third-order valence-electron chi connectivity index (χ3n) is 8.32. The molecule has 214 valence electrons. The molecule has 4 aromatic rings. The summed E-state index contributed by atoms with van der Waals surface area (Å²) in [5, 5.41) is 10.8. The van der Waals surface area contributed by atoms with Gasteiger partial charge in [-0.05, 0) is 23.7 Å². The van der Waals surface area contributed by atoms with Crippen molar-refractivity contribution < 1.29 is 9.84 Å². The standard InChI is InChI=1S/C31H39N3O6/c1-29(2,3)15-31(7,30(4,5)6)28(39)40-14-10-13-34-26(37)20-21(27(34)38)23(33)19-18(22(20)32)24(35)16-11-8-9-12-17(16)25(19)36/h8-9,11-12,28,39H,10,13-15,32-33H2,1-7H3. The second-order valence-corrected chi connectivity index (χ2v) is 13.3. The van der Waals surface area contributed by atoms with Gasteiger partial charge in [0.2, 0.25) is 0 Å². The van der Waals surface area contributed by atoms with E-state index in [0.29, 0.717) is 6.42 Å². The number of rotatable bonds is 7. The minimum Gasteiger partial charge on any atom is -0.397 e. The van der Waals surface area contributed by atoms with Crippen molar-refractivity contribution in [3.8, 4) is 0 Å². The average molecular weight is 550 g/mol. The second kappa shape index (κ2) is 9.82. The number of nitrogens with zero attached hydrogens (tertiary/aromatic N) is 1. The van der Waals surface area contributed by atoms with Crippen molar-refractivity contribution in [2.24, 2.45) is 16.2 Å². The highest BCUT2D eigenvalue weighted by molar-refractivity contribution is 6.20. The molecule has 0 bridgehead atoms. The van der Waals surface area contributed by atoms with Gasteiger partial charge in [0.15, 0.2) is 17.1 Å². The van der Waals surface area contributed by atoms with E-state index in [-0.39, 0.29) is 74.1 Å². The number of nitrogens with two attached hydrogens (primary N) is 2. The van der Waals surface area contributed by atoms with Crippen LogP contribution in [0.2, 0.25) is 0 Å². The molecule has 4 rings (SSSR count). The summed E-state index contributed by atoms with van der Waals surface area (Å²) in [7, 11) is 0. The van der Waals surface area contributed by atoms with E-state index in [0.717, 1.165) is 4.57 Å². The fourth-order valence-electron chi connectivity index (χ4n) is 5.84. The summed E-state index contributed by atoms with van der Waals surface area (Å²) in [5.74, 6) is 0. The molecule has 0 saturated carbocycles. The third-order valence-corrected chi connectivity index (χ3v) is 8.32. The van der Waals surface area contributed by atoms with Gasteiger partial charge in [0.05, 0.1) is 39.5 Å². The topological polar surface area (TPSA) is 155 Å². The summed E-state index contributed by atoms with van der Waals surface area (Å²) in [5.41, 5.74) is 8.89. The van der Waals surface area contributed by atoms with Gasteiger partial charge in [0.25, 0.3) is 11.1 Å². The van der Waals surface area contributed by atoms with E-state index in [4.69, 9.17) is 16.2 Å². The number of aromatic nitrogens is 1. The molecule has 1 aromatic heterocycles. The molecule has 0 aliphatic carbocycles. The lowest BCUT2D eigenvalue weighted by molar-refractivity contribution is -0.212. The Morgan fingerprint density at radius 1 is 0.800 bits per heavy atom. The Balaban J connectivity index is 1.70. The fraction of sp³-hybridized carbons (Fsp3) is 0.484. The van der Waals surface area contributed by atoms with Crippen LogP contribution in [0, 0.1) is 16.2 Å². The molecule has 2 atom stereocenters. The SMILES string of the molecule is CC(C)(C)CC(C)(C(O)OCCCn1c(=O)c2c(N)c3c(=O)c4ccccc4c(=O)c3c(N)c2c1=O)C(C)(C)C. The van der Waals surface area contributed by atoms with Crippen molar-refractivity contribution in [1.82, 2.24) is 4.57 Å². The first-order valence-electron chi connectivity index (χ1n) is 13.5. The van der Waals surface area contributed by atoms with Crippen LogP contribution >= 0.6 is 0 Å². The van der Waals surface area contributed by atoms with Gasteiger partial charge in [0, 0.05) is 22.7 Å². The highest BCUT2D eigenvalue weighted by atomic mass is 16.6. The van der Waals surface area contributed by atoms with Gasteiger partial charge in [0.1, 0.15) is 0 Å². The first-order valence-corrected chi connectivity index (χ1v) is 13.5. The highest BCUT2D eigenvalue weighted by Gasteiger charge is 2.46. The summed E-state index contributed by atoms with van der Waals surface area (Å²) >= 11 is 0. The summed E-state index contributed by atoms with van der Waals surface area (Å²) in [6.07, 6.45) is -0.0973. The lowest BCUT2D eigenvalue weighted by atomic mass is 9.61. The molecule has 0 spiro atoms. The molecule has 2 unspecified atom stereocenters. The molecule has 5 N–H and O–H groups in total. The zero-order valence-corrected chi connectivity index (χ0v) is 24.3. The van der Waals surface area contributed by atoms with Crippen LogP contribution in [0.25, 0.3) is 32.3 Å². The number of aliphatic hydroxyl groups excluding tert-OH is 1. The average Bonchev–Trinajstić information content (AvgIpc) is 3.10. The van der Waals surface area contributed by atoms with E-state index in [9.17, 15) is 24.3 Å². The molecule has 1 heterocycles. The van der Waals surface area contributed by atoms with Gasteiger partial charge in [-0.25, -0.2) is 0 Å².